The topological polar surface area (TPSA) is 78.9 Å². The highest BCUT2D eigenvalue weighted by Crippen LogP contribution is 2.13. The van der Waals surface area contributed by atoms with Gasteiger partial charge in [-0.15, -0.1) is 0 Å². The monoisotopic (exact) mass is 995 g/mol. The van der Waals surface area contributed by atoms with Gasteiger partial charge in [-0.1, -0.05) is 225 Å². The predicted molar refractivity (Wildman–Crippen MR) is 311 cm³/mol. The number of hydrogen-bond donors (Lipinski definition) is 0. The summed E-state index contributed by atoms with van der Waals surface area (Å²) in [5.41, 5.74) is 0. The molecule has 0 aliphatic rings. The van der Waals surface area contributed by atoms with Crippen molar-refractivity contribution in [2.75, 3.05) is 13.2 Å². The van der Waals surface area contributed by atoms with Crippen molar-refractivity contribution < 1.29 is 28.6 Å². The van der Waals surface area contributed by atoms with Crippen LogP contribution in [-0.4, -0.2) is 37.2 Å². The molecular formula is C66H106O6. The van der Waals surface area contributed by atoms with E-state index < -0.39 is 6.10 Å². The van der Waals surface area contributed by atoms with Crippen molar-refractivity contribution in [1.29, 1.82) is 0 Å². The number of carbonyl (C=O) groups is 3. The van der Waals surface area contributed by atoms with Gasteiger partial charge < -0.3 is 14.2 Å². The van der Waals surface area contributed by atoms with Gasteiger partial charge in [-0.25, -0.2) is 0 Å². The molecule has 6 heteroatoms. The first-order valence-electron chi connectivity index (χ1n) is 29.2. The first kappa shape index (κ1) is 67.5. The second kappa shape index (κ2) is 59.1. The van der Waals surface area contributed by atoms with Crippen LogP contribution in [-0.2, 0) is 28.6 Å². The highest BCUT2D eigenvalue weighted by molar-refractivity contribution is 5.71. The van der Waals surface area contributed by atoms with Gasteiger partial charge in [0.15, 0.2) is 6.10 Å². The highest BCUT2D eigenvalue weighted by Gasteiger charge is 2.19. The minimum absolute atomic E-state index is 0.109. The minimum atomic E-state index is -0.814. The van der Waals surface area contributed by atoms with E-state index >= 15 is 0 Å². The maximum absolute atomic E-state index is 12.9. The Hall–Kier alpha value is -4.45. The molecule has 0 rings (SSSR count). The zero-order valence-electron chi connectivity index (χ0n) is 46.4. The van der Waals surface area contributed by atoms with E-state index in [-0.39, 0.29) is 31.1 Å². The molecule has 6 nitrogen and oxygen atoms in total. The average Bonchev–Trinajstić information content (AvgIpc) is 3.38. The fraction of sp³-hybridized carbons (Fsp3) is 0.621. The zero-order chi connectivity index (χ0) is 52.2. The Bertz CT molecular complexity index is 1560. The number of rotatable bonds is 51. The van der Waals surface area contributed by atoms with Crippen LogP contribution in [0, 0.1) is 0 Å². The van der Waals surface area contributed by atoms with E-state index in [0.29, 0.717) is 25.7 Å². The Balaban J connectivity index is 4.52. The summed E-state index contributed by atoms with van der Waals surface area (Å²) in [6.45, 7) is 6.33. The molecule has 406 valence electrons. The molecule has 0 saturated heterocycles. The van der Waals surface area contributed by atoms with Gasteiger partial charge in [0, 0.05) is 19.3 Å². The van der Waals surface area contributed by atoms with Crippen LogP contribution >= 0.6 is 0 Å². The molecule has 1 atom stereocenters. The summed E-state index contributed by atoms with van der Waals surface area (Å²) in [5, 5.41) is 0. The molecule has 0 aliphatic heterocycles. The van der Waals surface area contributed by atoms with E-state index in [0.717, 1.165) is 141 Å². The summed E-state index contributed by atoms with van der Waals surface area (Å²) in [5.74, 6) is -0.980. The molecule has 0 spiro atoms. The van der Waals surface area contributed by atoms with Crippen molar-refractivity contribution in [1.82, 2.24) is 0 Å². The summed E-state index contributed by atoms with van der Waals surface area (Å²) in [7, 11) is 0. The number of allylic oxidation sites excluding steroid dienone is 22. The quantitative estimate of drug-likeness (QED) is 0.0261. The molecule has 0 amide bonds. The van der Waals surface area contributed by atoms with Gasteiger partial charge in [0.2, 0.25) is 0 Å². The van der Waals surface area contributed by atoms with Gasteiger partial charge in [0.05, 0.1) is 0 Å². The normalized spacial score (nSPS) is 13.1. The van der Waals surface area contributed by atoms with E-state index in [1.807, 2.05) is 0 Å². The van der Waals surface area contributed by atoms with E-state index in [9.17, 15) is 14.4 Å². The third-order valence-electron chi connectivity index (χ3n) is 11.9. The first-order valence-corrected chi connectivity index (χ1v) is 29.2. The van der Waals surface area contributed by atoms with Crippen molar-refractivity contribution in [3.05, 3.63) is 134 Å². The van der Waals surface area contributed by atoms with Gasteiger partial charge in [0.1, 0.15) is 13.2 Å². The van der Waals surface area contributed by atoms with Crippen molar-refractivity contribution in [3.63, 3.8) is 0 Å². The van der Waals surface area contributed by atoms with Crippen molar-refractivity contribution in [2.24, 2.45) is 0 Å². The smallest absolute Gasteiger partial charge is 0.306 e. The molecule has 72 heavy (non-hydrogen) atoms. The summed E-state index contributed by atoms with van der Waals surface area (Å²) in [6.07, 6.45) is 83.0. The maximum Gasteiger partial charge on any atom is 0.306 e. The minimum Gasteiger partial charge on any atom is -0.462 e. The third kappa shape index (κ3) is 56.5. The Morgan fingerprint density at radius 3 is 0.875 bits per heavy atom. The summed E-state index contributed by atoms with van der Waals surface area (Å²) < 4.78 is 16.8. The van der Waals surface area contributed by atoms with Crippen molar-refractivity contribution in [3.8, 4) is 0 Å². The average molecular weight is 996 g/mol. The fourth-order valence-electron chi connectivity index (χ4n) is 7.55. The molecular weight excluding hydrogens is 889 g/mol. The number of ether oxygens (including phenoxy) is 3. The lowest BCUT2D eigenvalue weighted by Gasteiger charge is -2.18. The largest absolute Gasteiger partial charge is 0.462 e. The first-order chi connectivity index (χ1) is 35.5. The van der Waals surface area contributed by atoms with Gasteiger partial charge >= 0.3 is 17.9 Å². The molecule has 0 bridgehead atoms. The van der Waals surface area contributed by atoms with E-state index in [1.165, 1.54) is 57.8 Å². The molecule has 0 saturated carbocycles. The van der Waals surface area contributed by atoms with Crippen LogP contribution in [0.5, 0.6) is 0 Å². The molecule has 0 aromatic rings. The van der Waals surface area contributed by atoms with Crippen LogP contribution in [0.3, 0.4) is 0 Å². The van der Waals surface area contributed by atoms with E-state index in [1.54, 1.807) is 0 Å². The van der Waals surface area contributed by atoms with Gasteiger partial charge in [0.25, 0.3) is 0 Å². The van der Waals surface area contributed by atoms with Crippen LogP contribution in [0.4, 0.5) is 0 Å². The number of unbranched alkanes of at least 4 members (excludes halogenated alkanes) is 18. The van der Waals surface area contributed by atoms with Crippen molar-refractivity contribution in [2.45, 2.75) is 252 Å². The molecule has 0 aromatic heterocycles. The lowest BCUT2D eigenvalue weighted by molar-refractivity contribution is -0.167. The van der Waals surface area contributed by atoms with E-state index in [4.69, 9.17) is 14.2 Å². The van der Waals surface area contributed by atoms with Crippen LogP contribution in [0.15, 0.2) is 134 Å². The second-order valence-corrected chi connectivity index (χ2v) is 18.8. The Kier molecular flexibility index (Phi) is 55.5. The number of esters is 3. The SMILES string of the molecule is CC/C=C\C/C=C\C/C=C\C/C=C\C/C=C\C/C=C\CCCCC(=O)OCC(COC(=O)CCCCCCC/C=C\C/C=C\C/C=C\CC)OC(=O)CCCCCCCCC/C=C\C/C=C\CCCCCC. The highest BCUT2D eigenvalue weighted by atomic mass is 16.6. The molecule has 0 aromatic carbocycles. The standard InChI is InChI=1S/C66H106O6/c1-4-7-10-13-16-19-22-25-28-30-32-33-34-36-38-41-44-47-50-53-56-59-65(68)71-62-63(61-70-64(67)58-55-52-49-46-43-40-37-27-24-21-18-15-12-9-6-3)72-66(69)60-57-54-51-48-45-42-39-35-31-29-26-23-20-17-14-11-8-5-2/h7,9-10,12,16,18-21,23,25,27-29,31-33,36-38,44,47,63H,4-6,8,11,13-15,17,22,24,26,30,34-35,39-43,45-46,48-62H2,1-3H3/b10-7-,12-9-,19-16-,21-18-,23-20-,28-25-,31-29-,33-32-,37-27-,38-36-,47-44-. The maximum atomic E-state index is 12.9. The van der Waals surface area contributed by atoms with Crippen LogP contribution in [0.2, 0.25) is 0 Å². The summed E-state index contributed by atoms with van der Waals surface area (Å²) in [4.78, 5) is 38.2. The van der Waals surface area contributed by atoms with E-state index in [2.05, 4.69) is 154 Å². The number of hydrogen-bond acceptors (Lipinski definition) is 6. The molecule has 1 unspecified atom stereocenters. The molecule has 0 fully saturated rings. The molecule has 0 radical (unpaired) electrons. The van der Waals surface area contributed by atoms with Crippen LogP contribution < -0.4 is 0 Å². The zero-order valence-corrected chi connectivity index (χ0v) is 46.4. The lowest BCUT2D eigenvalue weighted by atomic mass is 10.1. The Morgan fingerprint density at radius 1 is 0.292 bits per heavy atom. The molecule has 0 aliphatic carbocycles. The third-order valence-corrected chi connectivity index (χ3v) is 11.9. The van der Waals surface area contributed by atoms with Crippen LogP contribution in [0.25, 0.3) is 0 Å². The Morgan fingerprint density at radius 2 is 0.542 bits per heavy atom. The van der Waals surface area contributed by atoms with Crippen molar-refractivity contribution >= 4 is 17.9 Å². The molecule has 0 N–H and O–H groups in total. The number of carbonyl (C=O) groups excluding carboxylic acids is 3. The predicted octanol–water partition coefficient (Wildman–Crippen LogP) is 19.8. The summed E-state index contributed by atoms with van der Waals surface area (Å²) >= 11 is 0. The van der Waals surface area contributed by atoms with Gasteiger partial charge in [-0.2, -0.15) is 0 Å². The lowest BCUT2D eigenvalue weighted by Crippen LogP contribution is -2.30. The fourth-order valence-corrected chi connectivity index (χ4v) is 7.55. The second-order valence-electron chi connectivity index (χ2n) is 18.8. The molecule has 0 heterocycles. The van der Waals surface area contributed by atoms with Gasteiger partial charge in [-0.05, 0) is 135 Å². The van der Waals surface area contributed by atoms with Gasteiger partial charge in [-0.3, -0.25) is 14.4 Å². The Labute approximate surface area is 443 Å². The van der Waals surface area contributed by atoms with Crippen LogP contribution in [0.1, 0.15) is 245 Å². The summed E-state index contributed by atoms with van der Waals surface area (Å²) in [6, 6.07) is 0.